The first-order chi connectivity index (χ1) is 8.06. The van der Waals surface area contributed by atoms with Crippen molar-refractivity contribution in [1.29, 1.82) is 0 Å². The summed E-state index contributed by atoms with van der Waals surface area (Å²) in [6.45, 7) is 0. The van der Waals surface area contributed by atoms with Gasteiger partial charge in [-0.2, -0.15) is 0 Å². The zero-order chi connectivity index (χ0) is 12.4. The van der Waals surface area contributed by atoms with Crippen LogP contribution in [0.3, 0.4) is 0 Å². The summed E-state index contributed by atoms with van der Waals surface area (Å²) < 4.78 is 0.844. The van der Waals surface area contributed by atoms with E-state index in [1.165, 1.54) is 17.4 Å². The van der Waals surface area contributed by atoms with Gasteiger partial charge in [0.15, 0.2) is 5.13 Å². The van der Waals surface area contributed by atoms with Crippen molar-refractivity contribution in [3.05, 3.63) is 38.8 Å². The number of nitrogens with zero attached hydrogens (tertiary/aromatic N) is 1. The maximum absolute atomic E-state index is 11.9. The molecule has 0 saturated carbocycles. The molecule has 0 radical (unpaired) electrons. The number of anilines is 2. The highest BCUT2D eigenvalue weighted by atomic mass is 79.9. The molecule has 1 amide bonds. The molecule has 0 spiro atoms. The number of hydrogen-bond donors (Lipinski definition) is 2. The fraction of sp³-hybridized carbons (Fsp3) is 0. The number of hydrogen-bond acceptors (Lipinski definition) is 4. The van der Waals surface area contributed by atoms with Crippen LogP contribution in [-0.4, -0.2) is 10.9 Å². The van der Waals surface area contributed by atoms with Crippen molar-refractivity contribution in [3.63, 3.8) is 0 Å². The predicted octanol–water partition coefficient (Wildman–Crippen LogP) is 3.39. The molecule has 17 heavy (non-hydrogen) atoms. The number of carbonyl (C=O) groups excluding carboxylic acids is 1. The van der Waals surface area contributed by atoms with E-state index in [2.05, 4.69) is 26.2 Å². The standard InChI is InChI=1S/C10H7BrClN3OS/c11-8-4-14-10(17-8)15-9(16)6-2-1-5(12)3-7(6)13/h1-4H,13H2,(H,14,15,16). The van der Waals surface area contributed by atoms with Crippen LogP contribution in [0.4, 0.5) is 10.8 Å². The second-order valence-electron chi connectivity index (χ2n) is 3.16. The van der Waals surface area contributed by atoms with Gasteiger partial charge in [-0.1, -0.05) is 22.9 Å². The molecule has 0 aliphatic rings. The Hall–Kier alpha value is -1.11. The van der Waals surface area contributed by atoms with Crippen LogP contribution in [0, 0.1) is 0 Å². The van der Waals surface area contributed by atoms with Gasteiger partial charge in [-0.05, 0) is 34.1 Å². The zero-order valence-corrected chi connectivity index (χ0v) is 11.6. The average molecular weight is 333 g/mol. The molecule has 0 bridgehead atoms. The van der Waals surface area contributed by atoms with E-state index in [4.69, 9.17) is 17.3 Å². The molecule has 0 unspecified atom stereocenters. The van der Waals surface area contributed by atoms with Gasteiger partial charge in [-0.3, -0.25) is 10.1 Å². The Balaban J connectivity index is 2.20. The molecule has 4 nitrogen and oxygen atoms in total. The lowest BCUT2D eigenvalue weighted by atomic mass is 10.2. The van der Waals surface area contributed by atoms with Gasteiger partial charge in [0.25, 0.3) is 5.91 Å². The zero-order valence-electron chi connectivity index (χ0n) is 8.41. The van der Waals surface area contributed by atoms with Crippen molar-refractivity contribution in [1.82, 2.24) is 4.98 Å². The molecule has 0 fully saturated rings. The fourth-order valence-electron chi connectivity index (χ4n) is 1.22. The number of carbonyl (C=O) groups is 1. The second kappa shape index (κ2) is 5.03. The predicted molar refractivity (Wildman–Crippen MR) is 73.6 cm³/mol. The quantitative estimate of drug-likeness (QED) is 0.828. The minimum Gasteiger partial charge on any atom is -0.398 e. The van der Waals surface area contributed by atoms with Crippen LogP contribution >= 0.6 is 38.9 Å². The molecule has 0 aliphatic carbocycles. The molecule has 1 aromatic carbocycles. The monoisotopic (exact) mass is 331 g/mol. The number of halogens is 2. The van der Waals surface area contributed by atoms with Crippen LogP contribution < -0.4 is 11.1 Å². The molecular weight excluding hydrogens is 326 g/mol. The average Bonchev–Trinajstić information content (AvgIpc) is 2.63. The van der Waals surface area contributed by atoms with E-state index in [-0.39, 0.29) is 5.91 Å². The maximum atomic E-state index is 11.9. The third-order valence-electron chi connectivity index (χ3n) is 1.96. The topological polar surface area (TPSA) is 68.0 Å². The van der Waals surface area contributed by atoms with Gasteiger partial charge in [-0.25, -0.2) is 4.98 Å². The Kier molecular flexibility index (Phi) is 3.66. The number of nitrogens with one attached hydrogen (secondary N) is 1. The summed E-state index contributed by atoms with van der Waals surface area (Å²) in [4.78, 5) is 15.9. The van der Waals surface area contributed by atoms with Crippen LogP contribution in [0.1, 0.15) is 10.4 Å². The molecule has 1 heterocycles. The molecule has 7 heteroatoms. The fourth-order valence-corrected chi connectivity index (χ4v) is 2.50. The molecule has 1 aromatic heterocycles. The molecular formula is C10H7BrClN3OS. The normalized spacial score (nSPS) is 10.2. The molecule has 0 atom stereocenters. The van der Waals surface area contributed by atoms with Gasteiger partial charge in [0.1, 0.15) is 0 Å². The van der Waals surface area contributed by atoms with Crippen LogP contribution in [0.2, 0.25) is 5.02 Å². The third kappa shape index (κ3) is 2.96. The highest BCUT2D eigenvalue weighted by Gasteiger charge is 2.11. The Labute approximate surface area is 115 Å². The van der Waals surface area contributed by atoms with E-state index >= 15 is 0 Å². The molecule has 3 N–H and O–H groups in total. The smallest absolute Gasteiger partial charge is 0.259 e. The van der Waals surface area contributed by atoms with Gasteiger partial charge in [0.2, 0.25) is 0 Å². The van der Waals surface area contributed by atoms with Crippen molar-refractivity contribution < 1.29 is 4.79 Å². The van der Waals surface area contributed by atoms with Gasteiger partial charge in [0, 0.05) is 10.7 Å². The van der Waals surface area contributed by atoms with Crippen LogP contribution in [-0.2, 0) is 0 Å². The largest absolute Gasteiger partial charge is 0.398 e. The number of benzene rings is 1. The Morgan fingerprint density at radius 2 is 2.29 bits per heavy atom. The first kappa shape index (κ1) is 12.3. The summed E-state index contributed by atoms with van der Waals surface area (Å²) in [5, 5.41) is 3.66. The number of thiazole rings is 1. The molecule has 88 valence electrons. The first-order valence-corrected chi connectivity index (χ1v) is 6.52. The summed E-state index contributed by atoms with van der Waals surface area (Å²) >= 11 is 10.3. The summed E-state index contributed by atoms with van der Waals surface area (Å²) in [7, 11) is 0. The minimum atomic E-state index is -0.305. The number of nitrogen functional groups attached to an aromatic ring is 1. The van der Waals surface area contributed by atoms with Gasteiger partial charge >= 0.3 is 0 Å². The van der Waals surface area contributed by atoms with Crippen molar-refractivity contribution in [2.45, 2.75) is 0 Å². The van der Waals surface area contributed by atoms with Crippen molar-refractivity contribution >= 4 is 55.6 Å². The lowest BCUT2D eigenvalue weighted by Gasteiger charge is -2.05. The molecule has 2 rings (SSSR count). The van der Waals surface area contributed by atoms with Gasteiger partial charge in [0.05, 0.1) is 15.5 Å². The number of nitrogens with two attached hydrogens (primary N) is 1. The van der Waals surface area contributed by atoms with E-state index in [1.807, 2.05) is 0 Å². The summed E-state index contributed by atoms with van der Waals surface area (Å²) in [6, 6.07) is 4.73. The van der Waals surface area contributed by atoms with Crippen molar-refractivity contribution in [2.24, 2.45) is 0 Å². The van der Waals surface area contributed by atoms with Gasteiger partial charge in [-0.15, -0.1) is 0 Å². The number of aromatic nitrogens is 1. The van der Waals surface area contributed by atoms with E-state index in [0.717, 1.165) is 3.79 Å². The Morgan fingerprint density at radius 3 is 2.88 bits per heavy atom. The lowest BCUT2D eigenvalue weighted by molar-refractivity contribution is 0.102. The minimum absolute atomic E-state index is 0.305. The van der Waals surface area contributed by atoms with Crippen molar-refractivity contribution in [3.8, 4) is 0 Å². The highest BCUT2D eigenvalue weighted by molar-refractivity contribution is 9.11. The molecule has 2 aromatic rings. The molecule has 0 aliphatic heterocycles. The lowest BCUT2D eigenvalue weighted by Crippen LogP contribution is -2.13. The van der Waals surface area contributed by atoms with E-state index in [0.29, 0.717) is 21.4 Å². The molecule has 0 saturated heterocycles. The summed E-state index contributed by atoms with van der Waals surface area (Å²) in [5.41, 5.74) is 6.42. The van der Waals surface area contributed by atoms with Crippen molar-refractivity contribution in [2.75, 3.05) is 11.1 Å². The van der Waals surface area contributed by atoms with E-state index in [9.17, 15) is 4.79 Å². The SMILES string of the molecule is Nc1cc(Cl)ccc1C(=O)Nc1ncc(Br)s1. The Bertz CT molecular complexity index is 572. The summed E-state index contributed by atoms with van der Waals surface area (Å²) in [6.07, 6.45) is 1.62. The Morgan fingerprint density at radius 1 is 1.53 bits per heavy atom. The van der Waals surface area contributed by atoms with Crippen LogP contribution in [0.5, 0.6) is 0 Å². The number of amides is 1. The van der Waals surface area contributed by atoms with Crippen LogP contribution in [0.25, 0.3) is 0 Å². The third-order valence-corrected chi connectivity index (χ3v) is 3.58. The maximum Gasteiger partial charge on any atom is 0.259 e. The van der Waals surface area contributed by atoms with E-state index in [1.54, 1.807) is 18.3 Å². The van der Waals surface area contributed by atoms with E-state index < -0.39 is 0 Å². The summed E-state index contributed by atoms with van der Waals surface area (Å²) in [5.74, 6) is -0.305. The van der Waals surface area contributed by atoms with Crippen LogP contribution in [0.15, 0.2) is 28.2 Å². The first-order valence-electron chi connectivity index (χ1n) is 4.54. The number of rotatable bonds is 2. The highest BCUT2D eigenvalue weighted by Crippen LogP contribution is 2.24. The second-order valence-corrected chi connectivity index (χ2v) is 6.00. The van der Waals surface area contributed by atoms with Gasteiger partial charge < -0.3 is 5.73 Å².